The zero-order valence-electron chi connectivity index (χ0n) is 13.4. The zero-order valence-corrected chi connectivity index (χ0v) is 13.4. The summed E-state index contributed by atoms with van der Waals surface area (Å²) in [6.07, 6.45) is 7.00. The molecular weight excluding hydrogens is 274 g/mol. The number of pyridine rings is 1. The van der Waals surface area contributed by atoms with Gasteiger partial charge in [0, 0.05) is 38.9 Å². The zero-order chi connectivity index (χ0) is 15.4. The van der Waals surface area contributed by atoms with E-state index in [0.717, 1.165) is 36.0 Å². The lowest BCUT2D eigenvalue weighted by atomic mass is 10.2. The maximum absolute atomic E-state index is 4.43. The van der Waals surface area contributed by atoms with Gasteiger partial charge in [-0.2, -0.15) is 0 Å². The summed E-state index contributed by atoms with van der Waals surface area (Å²) in [7, 11) is 3.97. The Morgan fingerprint density at radius 3 is 2.23 bits per heavy atom. The highest BCUT2D eigenvalue weighted by molar-refractivity contribution is 5.60. The number of aromatic nitrogens is 3. The first-order chi connectivity index (χ1) is 10.7. The van der Waals surface area contributed by atoms with Crippen LogP contribution in [0.4, 0.5) is 11.6 Å². The molecule has 1 fully saturated rings. The molecule has 0 N–H and O–H groups in total. The van der Waals surface area contributed by atoms with Gasteiger partial charge in [-0.25, -0.2) is 4.98 Å². The topological polar surface area (TPSA) is 45.2 Å². The Morgan fingerprint density at radius 1 is 0.909 bits per heavy atom. The van der Waals surface area contributed by atoms with Crippen LogP contribution >= 0.6 is 0 Å². The molecule has 2 aromatic rings. The third-order valence-corrected chi connectivity index (χ3v) is 4.08. The number of anilines is 2. The minimum absolute atomic E-state index is 0.872. The molecule has 0 bridgehead atoms. The second kappa shape index (κ2) is 6.73. The smallest absolute Gasteiger partial charge is 0.151 e. The summed E-state index contributed by atoms with van der Waals surface area (Å²) in [6, 6.07) is 8.16. The lowest BCUT2D eigenvalue weighted by molar-refractivity contribution is 0.726. The maximum atomic E-state index is 4.43. The first kappa shape index (κ1) is 14.8. The summed E-state index contributed by atoms with van der Waals surface area (Å²) in [4.78, 5) is 8.76. The lowest BCUT2D eigenvalue weighted by Gasteiger charge is -2.20. The van der Waals surface area contributed by atoms with Crippen LogP contribution in [0.1, 0.15) is 25.7 Å². The Kier molecular flexibility index (Phi) is 4.51. The van der Waals surface area contributed by atoms with Gasteiger partial charge < -0.3 is 9.80 Å². The molecule has 0 radical (unpaired) electrons. The van der Waals surface area contributed by atoms with Gasteiger partial charge in [-0.1, -0.05) is 12.8 Å². The van der Waals surface area contributed by atoms with Gasteiger partial charge in [0.2, 0.25) is 0 Å². The van der Waals surface area contributed by atoms with E-state index in [1.807, 2.05) is 43.4 Å². The monoisotopic (exact) mass is 297 g/mol. The van der Waals surface area contributed by atoms with E-state index < -0.39 is 0 Å². The van der Waals surface area contributed by atoms with Crippen molar-refractivity contribution in [1.82, 2.24) is 15.2 Å². The molecular formula is C17H23N5. The van der Waals surface area contributed by atoms with E-state index in [1.54, 1.807) is 0 Å². The van der Waals surface area contributed by atoms with Crippen molar-refractivity contribution in [2.24, 2.45) is 0 Å². The number of hydrogen-bond acceptors (Lipinski definition) is 5. The third-order valence-electron chi connectivity index (χ3n) is 4.08. The lowest BCUT2D eigenvalue weighted by Crippen LogP contribution is -2.25. The molecule has 0 atom stereocenters. The molecule has 0 aromatic carbocycles. The molecule has 5 nitrogen and oxygen atoms in total. The summed E-state index contributed by atoms with van der Waals surface area (Å²) >= 11 is 0. The minimum atomic E-state index is 0.872. The highest BCUT2D eigenvalue weighted by Crippen LogP contribution is 2.21. The predicted molar refractivity (Wildman–Crippen MR) is 90.3 cm³/mol. The van der Waals surface area contributed by atoms with E-state index in [4.69, 9.17) is 0 Å². The fourth-order valence-corrected chi connectivity index (χ4v) is 2.75. The molecule has 0 spiro atoms. The Bertz CT molecular complexity index is 583. The Hall–Kier alpha value is -2.17. The van der Waals surface area contributed by atoms with Crippen LogP contribution in [0, 0.1) is 0 Å². The quantitative estimate of drug-likeness (QED) is 0.871. The minimum Gasteiger partial charge on any atom is -0.363 e. The van der Waals surface area contributed by atoms with E-state index in [-0.39, 0.29) is 0 Å². The first-order valence-electron chi connectivity index (χ1n) is 7.96. The van der Waals surface area contributed by atoms with Crippen molar-refractivity contribution in [1.29, 1.82) is 0 Å². The summed E-state index contributed by atoms with van der Waals surface area (Å²) in [5, 5.41) is 8.80. The largest absolute Gasteiger partial charge is 0.363 e. The van der Waals surface area contributed by atoms with Crippen molar-refractivity contribution >= 4 is 11.6 Å². The summed E-state index contributed by atoms with van der Waals surface area (Å²) in [5.41, 5.74) is 1.87. The molecule has 3 heterocycles. The number of rotatable bonds is 3. The number of hydrogen-bond donors (Lipinski definition) is 0. The summed E-state index contributed by atoms with van der Waals surface area (Å²) in [6.45, 7) is 2.18. The highest BCUT2D eigenvalue weighted by atomic mass is 15.3. The Morgan fingerprint density at radius 2 is 1.68 bits per heavy atom. The SMILES string of the molecule is CN(C)c1ccc(-c2ccc(N3CCCCCC3)nn2)cn1. The van der Waals surface area contributed by atoms with Gasteiger partial charge in [0.15, 0.2) is 5.82 Å². The van der Waals surface area contributed by atoms with Crippen LogP contribution in [0.3, 0.4) is 0 Å². The molecule has 1 aliphatic rings. The number of nitrogens with zero attached hydrogens (tertiary/aromatic N) is 5. The van der Waals surface area contributed by atoms with Gasteiger partial charge in [-0.05, 0) is 37.1 Å². The molecule has 1 aliphatic heterocycles. The average molecular weight is 297 g/mol. The second-order valence-corrected chi connectivity index (χ2v) is 5.98. The third kappa shape index (κ3) is 3.35. The molecule has 0 aliphatic carbocycles. The van der Waals surface area contributed by atoms with Crippen LogP contribution in [0.5, 0.6) is 0 Å². The van der Waals surface area contributed by atoms with Crippen LogP contribution in [0.15, 0.2) is 30.5 Å². The van der Waals surface area contributed by atoms with Gasteiger partial charge >= 0.3 is 0 Å². The van der Waals surface area contributed by atoms with Crippen molar-refractivity contribution in [2.45, 2.75) is 25.7 Å². The molecule has 116 valence electrons. The van der Waals surface area contributed by atoms with Gasteiger partial charge in [-0.15, -0.1) is 10.2 Å². The molecule has 0 unspecified atom stereocenters. The second-order valence-electron chi connectivity index (χ2n) is 5.98. The fourth-order valence-electron chi connectivity index (χ4n) is 2.75. The fraction of sp³-hybridized carbons (Fsp3) is 0.471. The molecule has 2 aromatic heterocycles. The van der Waals surface area contributed by atoms with E-state index in [1.165, 1.54) is 25.7 Å². The van der Waals surface area contributed by atoms with Crippen LogP contribution in [0.2, 0.25) is 0 Å². The van der Waals surface area contributed by atoms with Crippen LogP contribution in [-0.4, -0.2) is 42.4 Å². The van der Waals surface area contributed by atoms with Crippen molar-refractivity contribution in [3.05, 3.63) is 30.5 Å². The predicted octanol–water partition coefficient (Wildman–Crippen LogP) is 2.99. The van der Waals surface area contributed by atoms with Crippen LogP contribution in [-0.2, 0) is 0 Å². The molecule has 0 amide bonds. The normalized spacial score (nSPS) is 15.5. The summed E-state index contributed by atoms with van der Waals surface area (Å²) in [5.74, 6) is 1.93. The van der Waals surface area contributed by atoms with Crippen molar-refractivity contribution in [2.75, 3.05) is 37.0 Å². The van der Waals surface area contributed by atoms with E-state index in [0.29, 0.717) is 0 Å². The Labute approximate surface area is 132 Å². The molecule has 22 heavy (non-hydrogen) atoms. The van der Waals surface area contributed by atoms with Crippen LogP contribution < -0.4 is 9.80 Å². The summed E-state index contributed by atoms with van der Waals surface area (Å²) < 4.78 is 0. The van der Waals surface area contributed by atoms with Gasteiger partial charge in [0.25, 0.3) is 0 Å². The molecule has 1 saturated heterocycles. The van der Waals surface area contributed by atoms with Gasteiger partial charge in [0.1, 0.15) is 5.82 Å². The van der Waals surface area contributed by atoms with Crippen molar-refractivity contribution in [3.63, 3.8) is 0 Å². The van der Waals surface area contributed by atoms with Gasteiger partial charge in [-0.3, -0.25) is 0 Å². The van der Waals surface area contributed by atoms with E-state index >= 15 is 0 Å². The molecule has 3 rings (SSSR count). The van der Waals surface area contributed by atoms with Crippen molar-refractivity contribution < 1.29 is 0 Å². The first-order valence-corrected chi connectivity index (χ1v) is 7.96. The standard InChI is InChI=1S/C17H23N5/c1-21(2)16-9-7-14(13-18-16)15-8-10-17(20-19-15)22-11-5-3-4-6-12-22/h7-10,13H,3-6,11-12H2,1-2H3. The maximum Gasteiger partial charge on any atom is 0.151 e. The van der Waals surface area contributed by atoms with E-state index in [9.17, 15) is 0 Å². The van der Waals surface area contributed by atoms with Gasteiger partial charge in [0.05, 0.1) is 5.69 Å². The van der Waals surface area contributed by atoms with Crippen molar-refractivity contribution in [3.8, 4) is 11.3 Å². The Balaban J connectivity index is 1.75. The molecule has 0 saturated carbocycles. The average Bonchev–Trinajstić information content (AvgIpc) is 2.84. The van der Waals surface area contributed by atoms with Crippen LogP contribution in [0.25, 0.3) is 11.3 Å². The molecule has 5 heteroatoms. The highest BCUT2D eigenvalue weighted by Gasteiger charge is 2.12. The van der Waals surface area contributed by atoms with E-state index in [2.05, 4.69) is 26.1 Å².